The minimum Gasteiger partial charge on any atom is -0.408 e. The van der Waals surface area contributed by atoms with Gasteiger partial charge in [-0.1, -0.05) is 12.1 Å². The number of aromatic nitrogens is 2. The van der Waals surface area contributed by atoms with Gasteiger partial charge < -0.3 is 14.2 Å². The van der Waals surface area contributed by atoms with Crippen molar-refractivity contribution >= 4 is 28.5 Å². The summed E-state index contributed by atoms with van der Waals surface area (Å²) in [6, 6.07) is 10.3. The zero-order chi connectivity index (χ0) is 21.1. The average molecular weight is 411 g/mol. The molecule has 1 aromatic carbocycles. The number of hydrogen-bond acceptors (Lipinski definition) is 7. The summed E-state index contributed by atoms with van der Waals surface area (Å²) < 4.78 is 6.77. The maximum absolute atomic E-state index is 12.5. The Morgan fingerprint density at radius 3 is 2.60 bits per heavy atom. The lowest BCUT2D eigenvalue weighted by atomic mass is 10.2. The highest BCUT2D eigenvalue weighted by molar-refractivity contribution is 5.76. The largest absolute Gasteiger partial charge is 0.419 e. The van der Waals surface area contributed by atoms with Gasteiger partial charge in [-0.15, -0.1) is 0 Å². The molecule has 1 aliphatic heterocycles. The summed E-state index contributed by atoms with van der Waals surface area (Å²) in [6.07, 6.45) is 2.14. The van der Waals surface area contributed by atoms with Crippen molar-refractivity contribution in [2.45, 2.75) is 19.4 Å². The van der Waals surface area contributed by atoms with E-state index in [1.165, 1.54) is 12.3 Å². The number of pyridine rings is 1. The molecule has 3 heterocycles. The number of benzene rings is 1. The lowest BCUT2D eigenvalue weighted by Gasteiger charge is -2.35. The van der Waals surface area contributed by atoms with E-state index in [1.807, 2.05) is 23.1 Å². The number of anilines is 1. The number of nitrogens with zero attached hydrogens (tertiary/aromatic N) is 5. The summed E-state index contributed by atoms with van der Waals surface area (Å²) in [4.78, 5) is 42.8. The Balaban J connectivity index is 1.28. The first-order valence-corrected chi connectivity index (χ1v) is 9.74. The third-order valence-electron chi connectivity index (χ3n) is 5.25. The number of piperazine rings is 1. The third-order valence-corrected chi connectivity index (χ3v) is 5.25. The molecule has 0 saturated carbocycles. The van der Waals surface area contributed by atoms with Crippen molar-refractivity contribution in [1.82, 2.24) is 14.5 Å². The molecular weight excluding hydrogens is 390 g/mol. The number of amides is 1. The molecule has 2 aromatic heterocycles. The minimum atomic E-state index is -0.478. The predicted octanol–water partition coefficient (Wildman–Crippen LogP) is 2.03. The van der Waals surface area contributed by atoms with E-state index >= 15 is 0 Å². The highest BCUT2D eigenvalue weighted by Gasteiger charge is 2.22. The van der Waals surface area contributed by atoms with Crippen molar-refractivity contribution in [1.29, 1.82) is 0 Å². The lowest BCUT2D eigenvalue weighted by molar-refractivity contribution is -0.385. The number of carbonyl (C=O) groups excluding carboxylic acids is 1. The van der Waals surface area contributed by atoms with Crippen LogP contribution in [-0.2, 0) is 11.3 Å². The molecule has 10 heteroatoms. The van der Waals surface area contributed by atoms with Crippen LogP contribution >= 0.6 is 0 Å². The van der Waals surface area contributed by atoms with Crippen LogP contribution in [0.15, 0.2) is 51.8 Å². The van der Waals surface area contributed by atoms with Gasteiger partial charge in [0.2, 0.25) is 5.91 Å². The molecule has 4 rings (SSSR count). The van der Waals surface area contributed by atoms with Crippen LogP contribution in [0.5, 0.6) is 0 Å². The molecule has 30 heavy (non-hydrogen) atoms. The maximum Gasteiger partial charge on any atom is 0.419 e. The summed E-state index contributed by atoms with van der Waals surface area (Å²) >= 11 is 0. The molecule has 156 valence electrons. The van der Waals surface area contributed by atoms with E-state index in [9.17, 15) is 19.7 Å². The molecule has 0 spiro atoms. The van der Waals surface area contributed by atoms with Gasteiger partial charge in [-0.3, -0.25) is 19.5 Å². The molecule has 0 aliphatic carbocycles. The number of hydrogen-bond donors (Lipinski definition) is 0. The second-order valence-electron chi connectivity index (χ2n) is 7.09. The molecule has 1 amide bonds. The van der Waals surface area contributed by atoms with Crippen molar-refractivity contribution in [3.8, 4) is 0 Å². The number of aryl methyl sites for hydroxylation is 1. The molecule has 1 saturated heterocycles. The molecule has 1 aliphatic rings. The maximum atomic E-state index is 12.5. The van der Waals surface area contributed by atoms with Crippen molar-refractivity contribution in [2.75, 3.05) is 31.1 Å². The Morgan fingerprint density at radius 1 is 1.13 bits per heavy atom. The Bertz CT molecular complexity index is 1110. The zero-order valence-corrected chi connectivity index (χ0v) is 16.3. The number of carbonyl (C=O) groups is 1. The van der Waals surface area contributed by atoms with Gasteiger partial charge >= 0.3 is 5.76 Å². The molecule has 10 nitrogen and oxygen atoms in total. The van der Waals surface area contributed by atoms with Crippen molar-refractivity contribution in [3.63, 3.8) is 0 Å². The summed E-state index contributed by atoms with van der Waals surface area (Å²) in [7, 11) is 0. The first-order chi connectivity index (χ1) is 14.5. The van der Waals surface area contributed by atoms with E-state index in [2.05, 4.69) is 4.98 Å². The van der Waals surface area contributed by atoms with E-state index < -0.39 is 10.7 Å². The first-order valence-electron chi connectivity index (χ1n) is 9.74. The number of fused-ring (bicyclic) bond motifs is 1. The molecule has 1 fully saturated rings. The van der Waals surface area contributed by atoms with E-state index in [0.29, 0.717) is 57.0 Å². The molecule has 0 atom stereocenters. The van der Waals surface area contributed by atoms with Crippen LogP contribution in [0, 0.1) is 10.1 Å². The summed E-state index contributed by atoms with van der Waals surface area (Å²) in [6.45, 7) is 2.78. The molecule has 0 radical (unpaired) electrons. The van der Waals surface area contributed by atoms with Crippen molar-refractivity contribution < 1.29 is 14.1 Å². The van der Waals surface area contributed by atoms with Gasteiger partial charge in [0.25, 0.3) is 5.69 Å². The normalized spacial score (nSPS) is 14.3. The monoisotopic (exact) mass is 411 g/mol. The van der Waals surface area contributed by atoms with E-state index in [0.717, 1.165) is 5.52 Å². The Kier molecular flexibility index (Phi) is 5.46. The number of oxazole rings is 1. The predicted molar refractivity (Wildman–Crippen MR) is 109 cm³/mol. The fourth-order valence-corrected chi connectivity index (χ4v) is 3.63. The Morgan fingerprint density at radius 2 is 1.90 bits per heavy atom. The van der Waals surface area contributed by atoms with Gasteiger partial charge in [-0.05, 0) is 24.6 Å². The van der Waals surface area contributed by atoms with E-state index in [4.69, 9.17) is 4.42 Å². The van der Waals surface area contributed by atoms with Gasteiger partial charge in [0.15, 0.2) is 5.58 Å². The second kappa shape index (κ2) is 8.36. The number of nitro groups is 1. The van der Waals surface area contributed by atoms with Gasteiger partial charge in [0, 0.05) is 45.2 Å². The molecule has 3 aromatic rings. The summed E-state index contributed by atoms with van der Waals surface area (Å²) in [5.74, 6) is 0.305. The quantitative estimate of drug-likeness (QED) is 0.450. The van der Waals surface area contributed by atoms with Crippen LogP contribution in [0.25, 0.3) is 11.1 Å². The smallest absolute Gasteiger partial charge is 0.408 e. The molecular formula is C20H21N5O5. The highest BCUT2D eigenvalue weighted by Crippen LogP contribution is 2.18. The topological polar surface area (TPSA) is 115 Å². The summed E-state index contributed by atoms with van der Waals surface area (Å²) in [5, 5.41) is 10.7. The first kappa shape index (κ1) is 19.6. The molecule has 0 N–H and O–H groups in total. The fraction of sp³-hybridized carbons (Fsp3) is 0.350. The number of para-hydroxylation sites is 2. The van der Waals surface area contributed by atoms with Crippen LogP contribution in [0.4, 0.5) is 11.5 Å². The van der Waals surface area contributed by atoms with Crippen LogP contribution < -0.4 is 10.7 Å². The van der Waals surface area contributed by atoms with E-state index in [1.54, 1.807) is 21.6 Å². The number of rotatable bonds is 6. The highest BCUT2D eigenvalue weighted by atomic mass is 16.6. The van der Waals surface area contributed by atoms with Gasteiger partial charge in [0.05, 0.1) is 10.4 Å². The van der Waals surface area contributed by atoms with Gasteiger partial charge in [0.1, 0.15) is 12.0 Å². The summed E-state index contributed by atoms with van der Waals surface area (Å²) in [5.41, 5.74) is 1.24. The van der Waals surface area contributed by atoms with Crippen LogP contribution in [0.1, 0.15) is 12.8 Å². The van der Waals surface area contributed by atoms with Gasteiger partial charge in [-0.25, -0.2) is 9.78 Å². The standard InChI is InChI=1S/C20H21N5O5/c26-19(6-3-9-24-16-4-1-2-5-17(16)30-20(24)27)23-12-10-22(11-13-23)18-8-7-15(14-21-18)25(28)29/h1-2,4-5,7-8,14H,3,6,9-13H2. The average Bonchev–Trinajstić information content (AvgIpc) is 3.09. The van der Waals surface area contributed by atoms with Crippen LogP contribution in [-0.4, -0.2) is 51.5 Å². The molecule has 0 bridgehead atoms. The van der Waals surface area contributed by atoms with E-state index in [-0.39, 0.29) is 11.6 Å². The van der Waals surface area contributed by atoms with Crippen molar-refractivity contribution in [2.24, 2.45) is 0 Å². The zero-order valence-electron chi connectivity index (χ0n) is 16.3. The third kappa shape index (κ3) is 4.02. The Hall–Kier alpha value is -3.69. The van der Waals surface area contributed by atoms with Gasteiger partial charge in [-0.2, -0.15) is 0 Å². The van der Waals surface area contributed by atoms with Crippen LogP contribution in [0.2, 0.25) is 0 Å². The molecule has 0 unspecified atom stereocenters. The fourth-order valence-electron chi connectivity index (χ4n) is 3.63. The lowest BCUT2D eigenvalue weighted by Crippen LogP contribution is -2.49. The van der Waals surface area contributed by atoms with Crippen molar-refractivity contribution in [3.05, 3.63) is 63.3 Å². The van der Waals surface area contributed by atoms with Crippen LogP contribution in [0.3, 0.4) is 0 Å². The minimum absolute atomic E-state index is 0.0444. The second-order valence-corrected chi connectivity index (χ2v) is 7.09. The SMILES string of the molecule is O=C(CCCn1c(=O)oc2ccccc21)N1CCN(c2ccc([N+](=O)[O-])cn2)CC1. The Labute approximate surface area is 171 Å².